The smallest absolute Gasteiger partial charge is 0.107 e. The summed E-state index contributed by atoms with van der Waals surface area (Å²) in [5.74, 6) is 0.819. The topological polar surface area (TPSA) is 42.2 Å². The summed E-state index contributed by atoms with van der Waals surface area (Å²) in [7, 11) is 0. The zero-order chi connectivity index (χ0) is 12.4. The van der Waals surface area contributed by atoms with E-state index in [1.807, 2.05) is 11.3 Å². The van der Waals surface area contributed by atoms with E-state index in [0.29, 0.717) is 6.04 Å². The minimum absolute atomic E-state index is 0.545. The predicted octanol–water partition coefficient (Wildman–Crippen LogP) is 2.32. The Bertz CT molecular complexity index is 355. The quantitative estimate of drug-likeness (QED) is 0.899. The van der Waals surface area contributed by atoms with Gasteiger partial charge in [0.05, 0.1) is 12.2 Å². The lowest BCUT2D eigenvalue weighted by Gasteiger charge is -2.37. The van der Waals surface area contributed by atoms with E-state index in [1.165, 1.54) is 35.0 Å². The van der Waals surface area contributed by atoms with Gasteiger partial charge in [0.25, 0.3) is 0 Å². The molecule has 2 heterocycles. The normalized spacial score (nSPS) is 26.4. The summed E-state index contributed by atoms with van der Waals surface area (Å²) in [5, 5.41) is 1.24. The molecule has 2 atom stereocenters. The van der Waals surface area contributed by atoms with Crippen molar-refractivity contribution >= 4 is 11.3 Å². The monoisotopic (exact) mass is 253 g/mol. The van der Waals surface area contributed by atoms with Crippen molar-refractivity contribution in [1.29, 1.82) is 0 Å². The minimum atomic E-state index is 0.545. The first-order valence-electron chi connectivity index (χ1n) is 6.47. The van der Waals surface area contributed by atoms with Crippen LogP contribution >= 0.6 is 11.3 Å². The van der Waals surface area contributed by atoms with Crippen LogP contribution in [0.2, 0.25) is 0 Å². The maximum atomic E-state index is 5.89. The molecule has 0 amide bonds. The number of hydrogen-bond acceptors (Lipinski definition) is 4. The number of aryl methyl sites for hydroxylation is 2. The highest BCUT2D eigenvalue weighted by atomic mass is 32.1. The first kappa shape index (κ1) is 13.0. The highest BCUT2D eigenvalue weighted by molar-refractivity contribution is 7.11. The zero-order valence-corrected chi connectivity index (χ0v) is 11.9. The number of rotatable bonds is 3. The van der Waals surface area contributed by atoms with E-state index < -0.39 is 0 Å². The van der Waals surface area contributed by atoms with Crippen molar-refractivity contribution in [3.05, 3.63) is 15.6 Å². The van der Waals surface area contributed by atoms with Crippen molar-refractivity contribution in [1.82, 2.24) is 9.88 Å². The van der Waals surface area contributed by atoms with Crippen molar-refractivity contribution in [3.8, 4) is 0 Å². The number of hydrogen-bond donors (Lipinski definition) is 1. The molecule has 1 aromatic rings. The molecule has 1 fully saturated rings. The van der Waals surface area contributed by atoms with Crippen LogP contribution in [-0.2, 0) is 6.54 Å². The van der Waals surface area contributed by atoms with E-state index in [1.54, 1.807) is 0 Å². The van der Waals surface area contributed by atoms with E-state index in [4.69, 9.17) is 5.73 Å². The van der Waals surface area contributed by atoms with Gasteiger partial charge in [-0.2, -0.15) is 0 Å². The number of piperidine rings is 1. The van der Waals surface area contributed by atoms with Crippen molar-refractivity contribution in [2.75, 3.05) is 13.1 Å². The summed E-state index contributed by atoms with van der Waals surface area (Å²) in [4.78, 5) is 8.48. The second-order valence-corrected chi connectivity index (χ2v) is 6.53. The highest BCUT2D eigenvalue weighted by Crippen LogP contribution is 2.25. The average molecular weight is 253 g/mol. The number of likely N-dealkylation sites (tertiary alicyclic amines) is 1. The van der Waals surface area contributed by atoms with Crippen LogP contribution in [0.5, 0.6) is 0 Å². The first-order valence-corrected chi connectivity index (χ1v) is 7.28. The molecular formula is C13H23N3S. The molecule has 1 aliphatic rings. The third-order valence-corrected chi connectivity index (χ3v) is 4.84. The predicted molar refractivity (Wildman–Crippen MR) is 73.2 cm³/mol. The second kappa shape index (κ2) is 5.46. The fourth-order valence-corrected chi connectivity index (χ4v) is 3.49. The third kappa shape index (κ3) is 3.06. The Kier molecular flexibility index (Phi) is 4.17. The molecule has 1 aliphatic heterocycles. The largest absolute Gasteiger partial charge is 0.329 e. The summed E-state index contributed by atoms with van der Waals surface area (Å²) < 4.78 is 0. The molecule has 1 saturated heterocycles. The second-order valence-electron chi connectivity index (χ2n) is 5.24. The molecular weight excluding hydrogens is 230 g/mol. The van der Waals surface area contributed by atoms with Crippen molar-refractivity contribution < 1.29 is 0 Å². The summed E-state index contributed by atoms with van der Waals surface area (Å²) in [6.07, 6.45) is 2.53. The van der Waals surface area contributed by atoms with Gasteiger partial charge in [-0.1, -0.05) is 6.92 Å². The molecule has 2 N–H and O–H groups in total. The Balaban J connectivity index is 2.02. The Hall–Kier alpha value is -0.450. The molecule has 0 aliphatic carbocycles. The van der Waals surface area contributed by atoms with E-state index in [0.717, 1.165) is 19.0 Å². The van der Waals surface area contributed by atoms with Gasteiger partial charge < -0.3 is 5.73 Å². The molecule has 17 heavy (non-hydrogen) atoms. The Morgan fingerprint density at radius 1 is 1.47 bits per heavy atom. The zero-order valence-electron chi connectivity index (χ0n) is 11.1. The van der Waals surface area contributed by atoms with Gasteiger partial charge in [0.15, 0.2) is 0 Å². The molecule has 4 heteroatoms. The first-order chi connectivity index (χ1) is 8.10. The van der Waals surface area contributed by atoms with Crippen molar-refractivity contribution in [2.24, 2.45) is 11.7 Å². The highest BCUT2D eigenvalue weighted by Gasteiger charge is 2.25. The molecule has 2 rings (SSSR count). The number of aromatic nitrogens is 1. The van der Waals surface area contributed by atoms with Gasteiger partial charge in [0, 0.05) is 17.5 Å². The molecule has 3 nitrogen and oxygen atoms in total. The molecule has 0 saturated carbocycles. The number of nitrogens with two attached hydrogens (primary N) is 1. The average Bonchev–Trinajstić information content (AvgIpc) is 2.60. The third-order valence-electron chi connectivity index (χ3n) is 3.78. The lowest BCUT2D eigenvalue weighted by atomic mass is 9.92. The van der Waals surface area contributed by atoms with Gasteiger partial charge >= 0.3 is 0 Å². The van der Waals surface area contributed by atoms with E-state index >= 15 is 0 Å². The van der Waals surface area contributed by atoms with Gasteiger partial charge in [-0.3, -0.25) is 4.90 Å². The van der Waals surface area contributed by atoms with Crippen LogP contribution < -0.4 is 5.73 Å². The van der Waals surface area contributed by atoms with Gasteiger partial charge in [-0.25, -0.2) is 4.98 Å². The van der Waals surface area contributed by atoms with Crippen LogP contribution in [0.4, 0.5) is 0 Å². The molecule has 2 unspecified atom stereocenters. The van der Waals surface area contributed by atoms with Crippen LogP contribution in [0.25, 0.3) is 0 Å². The standard InChI is InChI=1S/C13H23N3S/c1-9-4-5-16(12(6-9)7-14)8-13-15-10(2)11(3)17-13/h9,12H,4-8,14H2,1-3H3. The number of nitrogens with zero attached hydrogens (tertiary/aromatic N) is 2. The molecule has 0 aromatic carbocycles. The van der Waals surface area contributed by atoms with Crippen molar-refractivity contribution in [3.63, 3.8) is 0 Å². The van der Waals surface area contributed by atoms with Gasteiger partial charge in [-0.05, 0) is 39.2 Å². The molecule has 1 aromatic heterocycles. The van der Waals surface area contributed by atoms with Gasteiger partial charge in [0.2, 0.25) is 0 Å². The SMILES string of the molecule is Cc1nc(CN2CCC(C)CC2CN)sc1C. The van der Waals surface area contributed by atoms with Gasteiger partial charge in [-0.15, -0.1) is 11.3 Å². The van der Waals surface area contributed by atoms with Crippen molar-refractivity contribution in [2.45, 2.75) is 46.2 Å². The van der Waals surface area contributed by atoms with E-state index in [9.17, 15) is 0 Å². The summed E-state index contributed by atoms with van der Waals surface area (Å²) in [6.45, 7) is 9.49. The van der Waals surface area contributed by atoms with Crippen LogP contribution in [0.3, 0.4) is 0 Å². The van der Waals surface area contributed by atoms with Crippen LogP contribution in [0.1, 0.15) is 35.3 Å². The number of thiazole rings is 1. The Morgan fingerprint density at radius 3 is 2.82 bits per heavy atom. The minimum Gasteiger partial charge on any atom is -0.329 e. The maximum absolute atomic E-state index is 5.89. The molecule has 0 spiro atoms. The Labute approximate surface area is 108 Å². The summed E-state index contributed by atoms with van der Waals surface area (Å²) in [6, 6.07) is 0.545. The molecule has 0 radical (unpaired) electrons. The summed E-state index contributed by atoms with van der Waals surface area (Å²) >= 11 is 1.83. The lowest BCUT2D eigenvalue weighted by Crippen LogP contribution is -2.45. The van der Waals surface area contributed by atoms with Crippen LogP contribution in [-0.4, -0.2) is 29.0 Å². The lowest BCUT2D eigenvalue weighted by molar-refractivity contribution is 0.115. The van der Waals surface area contributed by atoms with E-state index in [-0.39, 0.29) is 0 Å². The maximum Gasteiger partial charge on any atom is 0.107 e. The fraction of sp³-hybridized carbons (Fsp3) is 0.769. The van der Waals surface area contributed by atoms with Crippen LogP contribution in [0.15, 0.2) is 0 Å². The van der Waals surface area contributed by atoms with Gasteiger partial charge in [0.1, 0.15) is 5.01 Å². The van der Waals surface area contributed by atoms with E-state index in [2.05, 4.69) is 30.7 Å². The molecule has 96 valence electrons. The fourth-order valence-electron chi connectivity index (χ4n) is 2.53. The van der Waals surface area contributed by atoms with Crippen LogP contribution in [0, 0.1) is 19.8 Å². The molecule has 0 bridgehead atoms. The summed E-state index contributed by atoms with van der Waals surface area (Å²) in [5.41, 5.74) is 7.07. The Morgan fingerprint density at radius 2 is 2.24 bits per heavy atom.